The first-order valence-corrected chi connectivity index (χ1v) is 11.9. The van der Waals surface area contributed by atoms with Crippen LogP contribution in [0.15, 0.2) is 78.9 Å². The summed E-state index contributed by atoms with van der Waals surface area (Å²) in [4.78, 5) is 29.2. The maximum atomic E-state index is 13.1. The van der Waals surface area contributed by atoms with Crippen LogP contribution in [0.1, 0.15) is 19.8 Å². The molecule has 0 aliphatic carbocycles. The summed E-state index contributed by atoms with van der Waals surface area (Å²) in [6.07, 6.45) is 0.595. The van der Waals surface area contributed by atoms with Gasteiger partial charge >= 0.3 is 0 Å². The molecule has 6 nitrogen and oxygen atoms in total. The third-order valence-corrected chi connectivity index (χ3v) is 6.00. The molecule has 0 saturated carbocycles. The molecular formula is C28H30FN3O3. The summed E-state index contributed by atoms with van der Waals surface area (Å²) in [5, 5.41) is 2.89. The highest BCUT2D eigenvalue weighted by Gasteiger charge is 2.23. The lowest BCUT2D eigenvalue weighted by molar-refractivity contribution is -0.132. The number of benzene rings is 3. The molecule has 35 heavy (non-hydrogen) atoms. The second-order valence-corrected chi connectivity index (χ2v) is 8.85. The maximum Gasteiger partial charge on any atom is 0.224 e. The summed E-state index contributed by atoms with van der Waals surface area (Å²) >= 11 is 0. The third kappa shape index (κ3) is 7.06. The molecule has 2 amide bonds. The van der Waals surface area contributed by atoms with Gasteiger partial charge in [0, 0.05) is 50.4 Å². The minimum absolute atomic E-state index is 0.0615. The molecule has 0 bridgehead atoms. The van der Waals surface area contributed by atoms with Crippen LogP contribution in [0.5, 0.6) is 11.5 Å². The van der Waals surface area contributed by atoms with Crippen LogP contribution in [0.3, 0.4) is 0 Å². The molecule has 3 aromatic carbocycles. The van der Waals surface area contributed by atoms with Gasteiger partial charge in [-0.05, 0) is 66.6 Å². The molecule has 4 rings (SSSR count). The van der Waals surface area contributed by atoms with Crippen molar-refractivity contribution in [1.29, 1.82) is 0 Å². The van der Waals surface area contributed by atoms with Crippen molar-refractivity contribution in [3.63, 3.8) is 0 Å². The zero-order valence-corrected chi connectivity index (χ0v) is 19.8. The standard InChI is InChI=1S/C28H30FN3O3/c1-21(20-28(34)32-17-15-31(16-18-32)24-11-7-22(29)8-12-24)19-27(33)30-23-9-13-26(14-10-23)35-25-5-3-2-4-6-25/h2-14,21H,15-20H2,1H3,(H,30,33)/t21-/m0/s1. The molecule has 182 valence electrons. The van der Waals surface area contributed by atoms with E-state index in [2.05, 4.69) is 10.2 Å². The van der Waals surface area contributed by atoms with E-state index in [0.717, 1.165) is 11.4 Å². The van der Waals surface area contributed by atoms with Gasteiger partial charge in [0.05, 0.1) is 0 Å². The zero-order chi connectivity index (χ0) is 24.6. The van der Waals surface area contributed by atoms with Gasteiger partial charge in [-0.2, -0.15) is 0 Å². The molecule has 1 N–H and O–H groups in total. The van der Waals surface area contributed by atoms with Crippen LogP contribution < -0.4 is 15.0 Å². The number of carbonyl (C=O) groups excluding carboxylic acids is 2. The topological polar surface area (TPSA) is 61.9 Å². The highest BCUT2D eigenvalue weighted by atomic mass is 19.1. The smallest absolute Gasteiger partial charge is 0.224 e. The average molecular weight is 476 g/mol. The van der Waals surface area contributed by atoms with E-state index in [0.29, 0.717) is 44.0 Å². The van der Waals surface area contributed by atoms with E-state index >= 15 is 0 Å². The first-order valence-electron chi connectivity index (χ1n) is 11.9. The normalized spacial score (nSPS) is 14.3. The predicted molar refractivity (Wildman–Crippen MR) is 135 cm³/mol. The van der Waals surface area contributed by atoms with E-state index in [1.807, 2.05) is 42.2 Å². The van der Waals surface area contributed by atoms with E-state index in [1.54, 1.807) is 36.4 Å². The highest BCUT2D eigenvalue weighted by molar-refractivity contribution is 5.91. The number of anilines is 2. The number of nitrogens with zero attached hydrogens (tertiary/aromatic N) is 2. The van der Waals surface area contributed by atoms with E-state index in [1.165, 1.54) is 12.1 Å². The van der Waals surface area contributed by atoms with Crippen molar-refractivity contribution < 1.29 is 18.7 Å². The first-order chi connectivity index (χ1) is 17.0. The monoisotopic (exact) mass is 475 g/mol. The average Bonchev–Trinajstić information content (AvgIpc) is 2.86. The number of halogens is 1. The van der Waals surface area contributed by atoms with Crippen molar-refractivity contribution in [1.82, 2.24) is 4.90 Å². The first kappa shape index (κ1) is 24.3. The summed E-state index contributed by atoms with van der Waals surface area (Å²) in [7, 11) is 0. The van der Waals surface area contributed by atoms with E-state index in [-0.39, 0.29) is 30.0 Å². The van der Waals surface area contributed by atoms with Crippen molar-refractivity contribution in [2.24, 2.45) is 5.92 Å². The van der Waals surface area contributed by atoms with Crippen LogP contribution in [-0.4, -0.2) is 42.9 Å². The summed E-state index contributed by atoms with van der Waals surface area (Å²) in [5.74, 6) is 1.05. The molecule has 1 atom stereocenters. The fourth-order valence-electron chi connectivity index (χ4n) is 4.12. The van der Waals surface area contributed by atoms with Gasteiger partial charge in [0.2, 0.25) is 11.8 Å². The lowest BCUT2D eigenvalue weighted by atomic mass is 10.0. The van der Waals surface area contributed by atoms with Gasteiger partial charge in [0.15, 0.2) is 0 Å². The number of piperazine rings is 1. The zero-order valence-electron chi connectivity index (χ0n) is 19.8. The Labute approximate surface area is 205 Å². The number of ether oxygens (including phenoxy) is 1. The van der Waals surface area contributed by atoms with Crippen molar-refractivity contribution >= 4 is 23.2 Å². The lowest BCUT2D eigenvalue weighted by Crippen LogP contribution is -2.49. The molecule has 0 radical (unpaired) electrons. The van der Waals surface area contributed by atoms with Crippen LogP contribution in [0.25, 0.3) is 0 Å². The van der Waals surface area contributed by atoms with E-state index < -0.39 is 0 Å². The Morgan fingerprint density at radius 3 is 2.14 bits per heavy atom. The molecule has 1 saturated heterocycles. The predicted octanol–water partition coefficient (Wildman–Crippen LogP) is 5.32. The van der Waals surface area contributed by atoms with Gasteiger partial charge in [0.1, 0.15) is 17.3 Å². The number of rotatable bonds is 8. The van der Waals surface area contributed by atoms with Crippen molar-refractivity contribution in [2.75, 3.05) is 36.4 Å². The van der Waals surface area contributed by atoms with Crippen LogP contribution in [0, 0.1) is 11.7 Å². The van der Waals surface area contributed by atoms with Gasteiger partial charge in [0.25, 0.3) is 0 Å². The van der Waals surface area contributed by atoms with Gasteiger partial charge in [-0.3, -0.25) is 9.59 Å². The quantitative estimate of drug-likeness (QED) is 0.479. The van der Waals surface area contributed by atoms with Crippen LogP contribution in [0.4, 0.5) is 15.8 Å². The number of hydrogen-bond donors (Lipinski definition) is 1. The Balaban J connectivity index is 1.19. The van der Waals surface area contributed by atoms with E-state index in [4.69, 9.17) is 4.74 Å². The number of carbonyl (C=O) groups is 2. The van der Waals surface area contributed by atoms with Gasteiger partial charge in [-0.15, -0.1) is 0 Å². The van der Waals surface area contributed by atoms with Gasteiger partial charge < -0.3 is 19.9 Å². The van der Waals surface area contributed by atoms with Crippen molar-refractivity contribution in [3.8, 4) is 11.5 Å². The Hall–Kier alpha value is -3.87. The molecule has 7 heteroatoms. The summed E-state index contributed by atoms with van der Waals surface area (Å²) in [6.45, 7) is 4.56. The van der Waals surface area contributed by atoms with Crippen molar-refractivity contribution in [2.45, 2.75) is 19.8 Å². The second kappa shape index (κ2) is 11.5. The minimum atomic E-state index is -0.255. The highest BCUT2D eigenvalue weighted by Crippen LogP contribution is 2.23. The third-order valence-electron chi connectivity index (χ3n) is 6.00. The largest absolute Gasteiger partial charge is 0.457 e. The maximum absolute atomic E-state index is 13.1. The number of hydrogen-bond acceptors (Lipinski definition) is 4. The minimum Gasteiger partial charge on any atom is -0.457 e. The fourth-order valence-corrected chi connectivity index (χ4v) is 4.12. The molecule has 0 spiro atoms. The number of para-hydroxylation sites is 1. The molecule has 0 aromatic heterocycles. The number of amides is 2. The molecule has 0 unspecified atom stereocenters. The Bertz CT molecular complexity index is 1110. The molecule has 1 heterocycles. The second-order valence-electron chi connectivity index (χ2n) is 8.85. The Morgan fingerprint density at radius 1 is 0.857 bits per heavy atom. The molecule has 3 aromatic rings. The molecular weight excluding hydrogens is 445 g/mol. The van der Waals surface area contributed by atoms with Crippen LogP contribution >= 0.6 is 0 Å². The fraction of sp³-hybridized carbons (Fsp3) is 0.286. The van der Waals surface area contributed by atoms with Crippen LogP contribution in [0.2, 0.25) is 0 Å². The summed E-state index contributed by atoms with van der Waals surface area (Å²) < 4.78 is 18.9. The van der Waals surface area contributed by atoms with E-state index in [9.17, 15) is 14.0 Å². The number of nitrogens with one attached hydrogen (secondary N) is 1. The van der Waals surface area contributed by atoms with Crippen molar-refractivity contribution in [3.05, 3.63) is 84.7 Å². The summed E-state index contributed by atoms with van der Waals surface area (Å²) in [5.41, 5.74) is 1.65. The van der Waals surface area contributed by atoms with Gasteiger partial charge in [-0.1, -0.05) is 25.1 Å². The summed E-state index contributed by atoms with van der Waals surface area (Å²) in [6, 6.07) is 23.1. The molecule has 1 aliphatic heterocycles. The lowest BCUT2D eigenvalue weighted by Gasteiger charge is -2.36. The van der Waals surface area contributed by atoms with Crippen LogP contribution in [-0.2, 0) is 9.59 Å². The molecule has 1 fully saturated rings. The molecule has 1 aliphatic rings. The Kier molecular flexibility index (Phi) is 7.98. The van der Waals surface area contributed by atoms with Gasteiger partial charge in [-0.25, -0.2) is 4.39 Å². The SMILES string of the molecule is C[C@@H](CC(=O)Nc1ccc(Oc2ccccc2)cc1)CC(=O)N1CCN(c2ccc(F)cc2)CC1. The Morgan fingerprint density at radius 2 is 1.49 bits per heavy atom.